The highest BCUT2D eigenvalue weighted by Gasteiger charge is 1.96. The van der Waals surface area contributed by atoms with Gasteiger partial charge in [-0.05, 0) is 23.0 Å². The van der Waals surface area contributed by atoms with Gasteiger partial charge in [0, 0.05) is 12.4 Å². The summed E-state index contributed by atoms with van der Waals surface area (Å²) >= 11 is 0. The summed E-state index contributed by atoms with van der Waals surface area (Å²) in [6, 6.07) is 0. The Hall–Kier alpha value is -1.58. The zero-order chi connectivity index (χ0) is 12.0. The molecule has 2 aromatic heterocycles. The topological polar surface area (TPSA) is 57.4 Å². The third kappa shape index (κ3) is 3.88. The Morgan fingerprint density at radius 3 is 1.31 bits per heavy atom. The van der Waals surface area contributed by atoms with Crippen LogP contribution in [0.25, 0.3) is 0 Å². The van der Waals surface area contributed by atoms with E-state index in [1.807, 2.05) is 24.8 Å². The van der Waals surface area contributed by atoms with E-state index in [4.69, 9.17) is 0 Å². The molecule has 2 N–H and O–H groups in total. The lowest BCUT2D eigenvalue weighted by atomic mass is 10.1. The fraction of sp³-hybridized carbons (Fsp3) is 0.500. The maximum Gasteiger partial charge on any atom is 0.0521 e. The van der Waals surface area contributed by atoms with Gasteiger partial charge in [0.2, 0.25) is 0 Å². The van der Waals surface area contributed by atoms with E-state index < -0.39 is 0 Å². The van der Waals surface area contributed by atoms with E-state index in [1.165, 1.54) is 11.1 Å². The van der Waals surface area contributed by atoms with Crippen LogP contribution in [0.2, 0.25) is 0 Å². The van der Waals surface area contributed by atoms with Gasteiger partial charge in [-0.15, -0.1) is 0 Å². The van der Waals surface area contributed by atoms with Gasteiger partial charge in [0.25, 0.3) is 0 Å². The Bertz CT molecular complexity index is 321. The van der Waals surface area contributed by atoms with Crippen LogP contribution in [0.15, 0.2) is 24.8 Å². The first-order valence-electron chi connectivity index (χ1n) is 5.58. The van der Waals surface area contributed by atoms with Crippen LogP contribution in [0.4, 0.5) is 0 Å². The first-order chi connectivity index (χ1) is 7.61. The molecule has 2 aromatic rings. The Balaban J connectivity index is 0.000000160. The van der Waals surface area contributed by atoms with Crippen molar-refractivity contribution in [1.29, 1.82) is 0 Å². The van der Waals surface area contributed by atoms with Gasteiger partial charge in [0.15, 0.2) is 0 Å². The van der Waals surface area contributed by atoms with E-state index in [2.05, 4.69) is 48.1 Å². The van der Waals surface area contributed by atoms with Crippen molar-refractivity contribution < 1.29 is 0 Å². The van der Waals surface area contributed by atoms with Gasteiger partial charge in [0.1, 0.15) is 0 Å². The highest BCUT2D eigenvalue weighted by atomic mass is 15.1. The minimum atomic E-state index is 0.591. The van der Waals surface area contributed by atoms with E-state index in [0.29, 0.717) is 11.8 Å². The fourth-order valence-corrected chi connectivity index (χ4v) is 1.15. The minimum absolute atomic E-state index is 0.591. The Morgan fingerprint density at radius 1 is 0.812 bits per heavy atom. The van der Waals surface area contributed by atoms with Crippen LogP contribution in [-0.2, 0) is 0 Å². The number of nitrogens with zero attached hydrogens (tertiary/aromatic N) is 2. The lowest BCUT2D eigenvalue weighted by Gasteiger charge is -1.94. The molecule has 0 spiro atoms. The smallest absolute Gasteiger partial charge is 0.0521 e. The molecule has 0 amide bonds. The van der Waals surface area contributed by atoms with Gasteiger partial charge in [-0.25, -0.2) is 0 Å². The summed E-state index contributed by atoms with van der Waals surface area (Å²) in [5.74, 6) is 1.18. The number of aromatic amines is 2. The van der Waals surface area contributed by atoms with Gasteiger partial charge < -0.3 is 0 Å². The molecule has 0 saturated heterocycles. The van der Waals surface area contributed by atoms with Crippen LogP contribution in [0.1, 0.15) is 50.7 Å². The number of hydrogen-bond acceptors (Lipinski definition) is 2. The Morgan fingerprint density at radius 2 is 1.19 bits per heavy atom. The number of nitrogens with one attached hydrogen (secondary N) is 2. The molecule has 0 aromatic carbocycles. The number of H-pyrrole nitrogens is 2. The molecule has 4 heteroatoms. The van der Waals surface area contributed by atoms with Crippen molar-refractivity contribution in [2.24, 2.45) is 0 Å². The average molecular weight is 220 g/mol. The maximum atomic E-state index is 3.82. The van der Waals surface area contributed by atoms with Crippen molar-refractivity contribution in [3.63, 3.8) is 0 Å². The monoisotopic (exact) mass is 220 g/mol. The molecule has 16 heavy (non-hydrogen) atoms. The van der Waals surface area contributed by atoms with Gasteiger partial charge >= 0.3 is 0 Å². The summed E-state index contributed by atoms with van der Waals surface area (Å²) in [6.07, 6.45) is 7.55. The molecule has 2 heterocycles. The third-order valence-corrected chi connectivity index (χ3v) is 2.37. The van der Waals surface area contributed by atoms with Crippen LogP contribution < -0.4 is 0 Å². The second kappa shape index (κ2) is 6.10. The first kappa shape index (κ1) is 12.5. The van der Waals surface area contributed by atoms with Gasteiger partial charge in [-0.2, -0.15) is 10.2 Å². The van der Waals surface area contributed by atoms with Crippen LogP contribution in [0.3, 0.4) is 0 Å². The van der Waals surface area contributed by atoms with Crippen molar-refractivity contribution in [3.8, 4) is 0 Å². The zero-order valence-electron chi connectivity index (χ0n) is 10.4. The molecule has 0 aliphatic heterocycles. The van der Waals surface area contributed by atoms with Gasteiger partial charge in [-0.1, -0.05) is 27.7 Å². The average Bonchev–Trinajstić information content (AvgIpc) is 2.93. The Kier molecular flexibility index (Phi) is 4.76. The van der Waals surface area contributed by atoms with Crippen molar-refractivity contribution in [2.45, 2.75) is 39.5 Å². The molecule has 0 atom stereocenters. The summed E-state index contributed by atoms with van der Waals surface area (Å²) in [7, 11) is 0. The van der Waals surface area contributed by atoms with Gasteiger partial charge in [-0.3, -0.25) is 10.2 Å². The van der Waals surface area contributed by atoms with Crippen molar-refractivity contribution in [2.75, 3.05) is 0 Å². The van der Waals surface area contributed by atoms with Crippen molar-refractivity contribution in [3.05, 3.63) is 35.9 Å². The van der Waals surface area contributed by atoms with E-state index in [0.717, 1.165) is 0 Å². The standard InChI is InChI=1S/2C6H10N2/c2*1-5(2)6-3-7-8-4-6/h2*3-5H,1-2H3,(H,7,8). The molecule has 0 saturated carbocycles. The second-order valence-electron chi connectivity index (χ2n) is 4.37. The number of hydrogen-bond donors (Lipinski definition) is 2. The van der Waals surface area contributed by atoms with Crippen LogP contribution in [-0.4, -0.2) is 20.4 Å². The number of rotatable bonds is 2. The van der Waals surface area contributed by atoms with Crippen molar-refractivity contribution in [1.82, 2.24) is 20.4 Å². The van der Waals surface area contributed by atoms with Crippen molar-refractivity contribution >= 4 is 0 Å². The largest absolute Gasteiger partial charge is 0.285 e. The summed E-state index contributed by atoms with van der Waals surface area (Å²) in [5, 5.41) is 13.2. The lowest BCUT2D eigenvalue weighted by molar-refractivity contribution is 0.868. The highest BCUT2D eigenvalue weighted by molar-refractivity contribution is 5.07. The summed E-state index contributed by atoms with van der Waals surface area (Å²) in [4.78, 5) is 0. The molecule has 0 aliphatic carbocycles. The molecule has 0 fully saturated rings. The normalized spacial score (nSPS) is 10.4. The van der Waals surface area contributed by atoms with Crippen LogP contribution in [0, 0.1) is 0 Å². The molecular weight excluding hydrogens is 200 g/mol. The van der Waals surface area contributed by atoms with Gasteiger partial charge in [0.05, 0.1) is 12.4 Å². The molecule has 88 valence electrons. The summed E-state index contributed by atoms with van der Waals surface area (Å²) < 4.78 is 0. The van der Waals surface area contributed by atoms with Crippen LogP contribution in [0.5, 0.6) is 0 Å². The summed E-state index contributed by atoms with van der Waals surface area (Å²) in [5.41, 5.74) is 2.54. The SMILES string of the molecule is CC(C)c1cn[nH]c1.CC(C)c1cn[nH]c1. The first-order valence-corrected chi connectivity index (χ1v) is 5.58. The fourth-order valence-electron chi connectivity index (χ4n) is 1.15. The number of aromatic nitrogens is 4. The van der Waals surface area contributed by atoms with E-state index in [1.54, 1.807) is 0 Å². The molecule has 0 aliphatic rings. The highest BCUT2D eigenvalue weighted by Crippen LogP contribution is 2.10. The molecule has 2 rings (SSSR count). The van der Waals surface area contributed by atoms with E-state index in [9.17, 15) is 0 Å². The molecule has 0 radical (unpaired) electrons. The molecule has 0 unspecified atom stereocenters. The predicted molar refractivity (Wildman–Crippen MR) is 65.4 cm³/mol. The molecular formula is C12H20N4. The second-order valence-corrected chi connectivity index (χ2v) is 4.37. The maximum absolute atomic E-state index is 3.82. The molecule has 0 bridgehead atoms. The minimum Gasteiger partial charge on any atom is -0.285 e. The van der Waals surface area contributed by atoms with Crippen LogP contribution >= 0.6 is 0 Å². The van der Waals surface area contributed by atoms with E-state index in [-0.39, 0.29) is 0 Å². The zero-order valence-corrected chi connectivity index (χ0v) is 10.4. The Labute approximate surface area is 96.5 Å². The van der Waals surface area contributed by atoms with E-state index >= 15 is 0 Å². The third-order valence-electron chi connectivity index (χ3n) is 2.37. The quantitative estimate of drug-likeness (QED) is 0.817. The lowest BCUT2D eigenvalue weighted by Crippen LogP contribution is -1.80. The predicted octanol–water partition coefficient (Wildman–Crippen LogP) is 3.07. The summed E-state index contributed by atoms with van der Waals surface area (Å²) in [6.45, 7) is 8.57. The molecule has 4 nitrogen and oxygen atoms in total.